The summed E-state index contributed by atoms with van der Waals surface area (Å²) in [4.78, 5) is 10.8. The summed E-state index contributed by atoms with van der Waals surface area (Å²) in [6.45, 7) is 0. The van der Waals surface area contributed by atoms with Gasteiger partial charge in [0.2, 0.25) is 0 Å². The second kappa shape index (κ2) is 5.10. The number of ether oxygens (including phenoxy) is 1. The van der Waals surface area contributed by atoms with Gasteiger partial charge in [0, 0.05) is 0 Å². The predicted octanol–water partition coefficient (Wildman–Crippen LogP) is 3.71. The first-order valence-electron chi connectivity index (χ1n) is 5.29. The molecule has 0 atom stereocenters. The fourth-order valence-electron chi connectivity index (χ4n) is 1.64. The first-order chi connectivity index (χ1) is 8.61. The Morgan fingerprint density at radius 1 is 1.11 bits per heavy atom. The highest BCUT2D eigenvalue weighted by Gasteiger charge is 2.06. The molecule has 2 aromatic carbocycles. The Hall–Kier alpha value is -2.00. The summed E-state index contributed by atoms with van der Waals surface area (Å²) in [5, 5.41) is 9.37. The van der Waals surface area contributed by atoms with E-state index in [2.05, 4.69) is 0 Å². The lowest BCUT2D eigenvalue weighted by Gasteiger charge is -2.07. The van der Waals surface area contributed by atoms with E-state index in [4.69, 9.17) is 21.4 Å². The maximum atomic E-state index is 10.8. The Bertz CT molecular complexity index is 576. The van der Waals surface area contributed by atoms with Gasteiger partial charge >= 0.3 is 5.97 Å². The minimum Gasteiger partial charge on any atom is -0.495 e. The summed E-state index contributed by atoms with van der Waals surface area (Å²) in [5.41, 5.74) is 2.10. The largest absolute Gasteiger partial charge is 0.495 e. The molecule has 0 unspecified atom stereocenters. The van der Waals surface area contributed by atoms with Crippen molar-refractivity contribution in [1.29, 1.82) is 0 Å². The Balaban J connectivity index is 2.39. The topological polar surface area (TPSA) is 46.5 Å². The molecule has 18 heavy (non-hydrogen) atoms. The number of benzene rings is 2. The Kier molecular flexibility index (Phi) is 3.53. The van der Waals surface area contributed by atoms with Crippen LogP contribution in [-0.2, 0) is 0 Å². The summed E-state index contributed by atoms with van der Waals surface area (Å²) < 4.78 is 5.14. The van der Waals surface area contributed by atoms with Crippen molar-refractivity contribution in [3.8, 4) is 16.9 Å². The van der Waals surface area contributed by atoms with Gasteiger partial charge in [0.1, 0.15) is 5.75 Å². The highest BCUT2D eigenvalue weighted by atomic mass is 35.5. The van der Waals surface area contributed by atoms with Crippen LogP contribution in [0.15, 0.2) is 42.5 Å². The lowest BCUT2D eigenvalue weighted by atomic mass is 10.0. The number of carboxylic acids is 1. The van der Waals surface area contributed by atoms with Crippen LogP contribution in [0.25, 0.3) is 11.1 Å². The van der Waals surface area contributed by atoms with Crippen molar-refractivity contribution in [3.63, 3.8) is 0 Å². The molecule has 0 aliphatic heterocycles. The molecule has 0 saturated heterocycles. The molecule has 0 saturated carbocycles. The molecule has 0 aromatic heterocycles. The van der Waals surface area contributed by atoms with Gasteiger partial charge in [-0.3, -0.25) is 0 Å². The molecule has 0 spiro atoms. The summed E-state index contributed by atoms with van der Waals surface area (Å²) >= 11 is 5.95. The third-order valence-electron chi connectivity index (χ3n) is 2.62. The average molecular weight is 263 g/mol. The van der Waals surface area contributed by atoms with Crippen LogP contribution < -0.4 is 4.74 Å². The van der Waals surface area contributed by atoms with Crippen LogP contribution in [0.2, 0.25) is 5.02 Å². The first kappa shape index (κ1) is 12.5. The van der Waals surface area contributed by atoms with Crippen molar-refractivity contribution in [3.05, 3.63) is 53.1 Å². The SMILES string of the molecule is COc1cc(-c2ccc(C(=O)O)cc2)ccc1Cl. The zero-order valence-corrected chi connectivity index (χ0v) is 10.4. The van der Waals surface area contributed by atoms with Crippen LogP contribution in [-0.4, -0.2) is 18.2 Å². The van der Waals surface area contributed by atoms with E-state index >= 15 is 0 Å². The summed E-state index contributed by atoms with van der Waals surface area (Å²) in [5.74, 6) is -0.341. The number of carboxylic acid groups (broad SMARTS) is 1. The quantitative estimate of drug-likeness (QED) is 0.917. The summed E-state index contributed by atoms with van der Waals surface area (Å²) in [7, 11) is 1.55. The number of hydrogen-bond acceptors (Lipinski definition) is 2. The van der Waals surface area contributed by atoms with Crippen LogP contribution in [0.1, 0.15) is 10.4 Å². The van der Waals surface area contributed by atoms with Crippen LogP contribution in [0.3, 0.4) is 0 Å². The van der Waals surface area contributed by atoms with Crippen molar-refractivity contribution in [1.82, 2.24) is 0 Å². The van der Waals surface area contributed by atoms with E-state index < -0.39 is 5.97 Å². The molecule has 0 radical (unpaired) electrons. The number of methoxy groups -OCH3 is 1. The Morgan fingerprint density at radius 3 is 2.28 bits per heavy atom. The number of hydrogen-bond donors (Lipinski definition) is 1. The number of halogens is 1. The molecular weight excluding hydrogens is 252 g/mol. The molecule has 3 nitrogen and oxygen atoms in total. The lowest BCUT2D eigenvalue weighted by molar-refractivity contribution is 0.0697. The van der Waals surface area contributed by atoms with E-state index in [1.807, 2.05) is 12.1 Å². The van der Waals surface area contributed by atoms with Gasteiger partial charge in [-0.15, -0.1) is 0 Å². The minimum absolute atomic E-state index is 0.264. The third kappa shape index (κ3) is 2.46. The van der Waals surface area contributed by atoms with Gasteiger partial charge in [-0.05, 0) is 35.4 Å². The van der Waals surface area contributed by atoms with E-state index in [0.29, 0.717) is 10.8 Å². The molecule has 0 aliphatic rings. The molecular formula is C14H11ClO3. The fraction of sp³-hybridized carbons (Fsp3) is 0.0714. The van der Waals surface area contributed by atoms with Crippen molar-refractivity contribution in [2.75, 3.05) is 7.11 Å². The smallest absolute Gasteiger partial charge is 0.335 e. The van der Waals surface area contributed by atoms with Crippen LogP contribution in [0.5, 0.6) is 5.75 Å². The summed E-state index contributed by atoms with van der Waals surface area (Å²) in [6.07, 6.45) is 0. The third-order valence-corrected chi connectivity index (χ3v) is 2.93. The molecule has 0 aliphatic carbocycles. The monoisotopic (exact) mass is 262 g/mol. The number of rotatable bonds is 3. The summed E-state index contributed by atoms with van der Waals surface area (Å²) in [6, 6.07) is 12.1. The fourth-order valence-corrected chi connectivity index (χ4v) is 1.84. The van der Waals surface area contributed by atoms with E-state index in [0.717, 1.165) is 11.1 Å². The van der Waals surface area contributed by atoms with Crippen LogP contribution >= 0.6 is 11.6 Å². The minimum atomic E-state index is -0.935. The van der Waals surface area contributed by atoms with Gasteiger partial charge < -0.3 is 9.84 Å². The molecule has 1 N–H and O–H groups in total. The van der Waals surface area contributed by atoms with Gasteiger partial charge in [0.25, 0.3) is 0 Å². The van der Waals surface area contributed by atoms with Gasteiger partial charge in [-0.2, -0.15) is 0 Å². The van der Waals surface area contributed by atoms with E-state index in [-0.39, 0.29) is 5.56 Å². The van der Waals surface area contributed by atoms with E-state index in [1.54, 1.807) is 37.4 Å². The van der Waals surface area contributed by atoms with Gasteiger partial charge in [0.15, 0.2) is 0 Å². The molecule has 0 fully saturated rings. The second-order valence-electron chi connectivity index (χ2n) is 3.73. The maximum Gasteiger partial charge on any atom is 0.335 e. The van der Waals surface area contributed by atoms with Crippen molar-refractivity contribution in [2.45, 2.75) is 0 Å². The standard InChI is InChI=1S/C14H11ClO3/c1-18-13-8-11(6-7-12(13)15)9-2-4-10(5-3-9)14(16)17/h2-8H,1H3,(H,16,17). The molecule has 2 aromatic rings. The predicted molar refractivity (Wildman–Crippen MR) is 70.4 cm³/mol. The lowest BCUT2D eigenvalue weighted by Crippen LogP contribution is -1.95. The highest BCUT2D eigenvalue weighted by Crippen LogP contribution is 2.30. The zero-order chi connectivity index (χ0) is 13.1. The molecule has 0 heterocycles. The van der Waals surface area contributed by atoms with Crippen molar-refractivity contribution < 1.29 is 14.6 Å². The van der Waals surface area contributed by atoms with Gasteiger partial charge in [-0.1, -0.05) is 29.8 Å². The van der Waals surface area contributed by atoms with Gasteiger partial charge in [-0.25, -0.2) is 4.79 Å². The molecule has 2 rings (SSSR count). The van der Waals surface area contributed by atoms with Crippen molar-refractivity contribution >= 4 is 17.6 Å². The molecule has 92 valence electrons. The highest BCUT2D eigenvalue weighted by molar-refractivity contribution is 6.32. The maximum absolute atomic E-state index is 10.8. The zero-order valence-electron chi connectivity index (χ0n) is 9.68. The van der Waals surface area contributed by atoms with E-state index in [9.17, 15) is 4.79 Å². The van der Waals surface area contributed by atoms with E-state index in [1.165, 1.54) is 0 Å². The number of carbonyl (C=O) groups is 1. The Labute approximate surface area is 110 Å². The molecule has 4 heteroatoms. The van der Waals surface area contributed by atoms with Crippen molar-refractivity contribution in [2.24, 2.45) is 0 Å². The molecule has 0 amide bonds. The Morgan fingerprint density at radius 2 is 1.72 bits per heavy atom. The van der Waals surface area contributed by atoms with Crippen LogP contribution in [0.4, 0.5) is 0 Å². The normalized spacial score (nSPS) is 10.1. The molecule has 0 bridgehead atoms. The number of aromatic carboxylic acids is 1. The second-order valence-corrected chi connectivity index (χ2v) is 4.14. The van der Waals surface area contributed by atoms with Crippen LogP contribution in [0, 0.1) is 0 Å². The average Bonchev–Trinajstić information content (AvgIpc) is 2.39. The van der Waals surface area contributed by atoms with Gasteiger partial charge in [0.05, 0.1) is 17.7 Å². The first-order valence-corrected chi connectivity index (χ1v) is 5.67.